The summed E-state index contributed by atoms with van der Waals surface area (Å²) in [5.74, 6) is 1.30. The van der Waals surface area contributed by atoms with Gasteiger partial charge in [0.25, 0.3) is 0 Å². The first-order chi connectivity index (χ1) is 8.47. The van der Waals surface area contributed by atoms with Gasteiger partial charge in [-0.3, -0.25) is 4.68 Å². The topological polar surface area (TPSA) is 33.1 Å². The van der Waals surface area contributed by atoms with E-state index in [0.717, 1.165) is 25.3 Å². The highest BCUT2D eigenvalue weighted by atomic mass is 15.4. The van der Waals surface area contributed by atoms with Crippen LogP contribution in [0.4, 0.5) is 5.82 Å². The van der Waals surface area contributed by atoms with Crippen LogP contribution in [0.3, 0.4) is 0 Å². The van der Waals surface area contributed by atoms with E-state index in [1.165, 1.54) is 24.2 Å². The van der Waals surface area contributed by atoms with E-state index in [0.29, 0.717) is 0 Å². The van der Waals surface area contributed by atoms with Crippen LogP contribution in [0.2, 0.25) is 0 Å². The van der Waals surface area contributed by atoms with Gasteiger partial charge in [-0.25, -0.2) is 0 Å². The molecular weight excluding hydrogens is 224 g/mol. The lowest BCUT2D eigenvalue weighted by atomic mass is 10.0. The summed E-state index contributed by atoms with van der Waals surface area (Å²) >= 11 is 0. The van der Waals surface area contributed by atoms with Crippen molar-refractivity contribution in [3.63, 3.8) is 0 Å². The molecule has 0 bridgehead atoms. The van der Waals surface area contributed by atoms with Crippen LogP contribution < -0.4 is 10.2 Å². The van der Waals surface area contributed by atoms with Crippen molar-refractivity contribution in [1.82, 2.24) is 15.1 Å². The number of nitrogens with zero attached hydrogens (tertiary/aromatic N) is 3. The minimum atomic E-state index is 0.251. The van der Waals surface area contributed by atoms with Gasteiger partial charge in [0, 0.05) is 31.2 Å². The Morgan fingerprint density at radius 1 is 1.39 bits per heavy atom. The summed E-state index contributed by atoms with van der Waals surface area (Å²) in [5, 5.41) is 8.04. The fourth-order valence-corrected chi connectivity index (χ4v) is 2.98. The molecule has 0 aromatic carbocycles. The van der Waals surface area contributed by atoms with Crippen LogP contribution in [0.1, 0.15) is 44.9 Å². The Kier molecular flexibility index (Phi) is 3.66. The third kappa shape index (κ3) is 2.26. The largest absolute Gasteiger partial charge is 0.351 e. The molecule has 1 aromatic rings. The average molecular weight is 250 g/mol. The fraction of sp³-hybridized carbons (Fsp3) is 0.786. The molecule has 4 heteroatoms. The Labute approximate surface area is 110 Å². The molecule has 0 atom stereocenters. The lowest BCUT2D eigenvalue weighted by molar-refractivity contribution is 0.504. The van der Waals surface area contributed by atoms with E-state index in [9.17, 15) is 0 Å². The zero-order chi connectivity index (χ0) is 13.3. The maximum atomic E-state index is 4.61. The molecule has 2 rings (SSSR count). The highest BCUT2D eigenvalue weighted by molar-refractivity contribution is 5.53. The van der Waals surface area contributed by atoms with E-state index in [1.807, 2.05) is 0 Å². The molecule has 0 amide bonds. The van der Waals surface area contributed by atoms with Crippen LogP contribution in [-0.2, 0) is 13.6 Å². The highest BCUT2D eigenvalue weighted by Gasteiger charge is 2.35. The summed E-state index contributed by atoms with van der Waals surface area (Å²) in [6, 6.07) is 0. The Morgan fingerprint density at radius 2 is 2.11 bits per heavy atom. The van der Waals surface area contributed by atoms with Gasteiger partial charge in [0.05, 0.1) is 5.69 Å². The molecule has 2 heterocycles. The minimum absolute atomic E-state index is 0.251. The van der Waals surface area contributed by atoms with E-state index < -0.39 is 0 Å². The molecule has 0 aliphatic carbocycles. The minimum Gasteiger partial charge on any atom is -0.351 e. The quantitative estimate of drug-likeness (QED) is 0.889. The summed E-state index contributed by atoms with van der Waals surface area (Å²) < 4.78 is 2.05. The molecule has 1 aromatic heterocycles. The van der Waals surface area contributed by atoms with Crippen molar-refractivity contribution < 1.29 is 0 Å². The van der Waals surface area contributed by atoms with Gasteiger partial charge in [0.2, 0.25) is 0 Å². The van der Waals surface area contributed by atoms with Crippen molar-refractivity contribution in [2.45, 2.75) is 52.6 Å². The molecule has 1 aliphatic heterocycles. The first-order valence-corrected chi connectivity index (χ1v) is 6.98. The van der Waals surface area contributed by atoms with Crippen molar-refractivity contribution in [2.75, 3.05) is 18.0 Å². The zero-order valence-corrected chi connectivity index (χ0v) is 12.4. The summed E-state index contributed by atoms with van der Waals surface area (Å²) in [6.45, 7) is 12.0. The van der Waals surface area contributed by atoms with Crippen molar-refractivity contribution in [1.29, 1.82) is 0 Å². The molecule has 0 saturated carbocycles. The molecule has 1 N–H and O–H groups in total. The number of aryl methyl sites for hydroxylation is 2. The number of aromatic nitrogens is 2. The van der Waals surface area contributed by atoms with Gasteiger partial charge in [0.1, 0.15) is 5.82 Å². The van der Waals surface area contributed by atoms with Crippen LogP contribution in [0.5, 0.6) is 0 Å². The first kappa shape index (κ1) is 13.4. The molecule has 1 aliphatic rings. The Bertz CT molecular complexity index is 420. The number of hydrogen-bond donors (Lipinski definition) is 1. The van der Waals surface area contributed by atoms with Crippen LogP contribution in [0.25, 0.3) is 0 Å². The van der Waals surface area contributed by atoms with Gasteiger partial charge >= 0.3 is 0 Å². The summed E-state index contributed by atoms with van der Waals surface area (Å²) in [5.41, 5.74) is 2.76. The molecule has 1 saturated heterocycles. The third-order valence-electron chi connectivity index (χ3n) is 4.02. The highest BCUT2D eigenvalue weighted by Crippen LogP contribution is 2.36. The molecule has 4 nitrogen and oxygen atoms in total. The van der Waals surface area contributed by atoms with E-state index in [4.69, 9.17) is 0 Å². The van der Waals surface area contributed by atoms with Crippen molar-refractivity contribution in [3.05, 3.63) is 11.3 Å². The van der Waals surface area contributed by atoms with Gasteiger partial charge in [-0.2, -0.15) is 5.10 Å². The number of nitrogens with one attached hydrogen (secondary N) is 1. The van der Waals surface area contributed by atoms with E-state index in [1.54, 1.807) is 0 Å². The molecule has 18 heavy (non-hydrogen) atoms. The normalized spacial score (nSPS) is 18.6. The molecule has 102 valence electrons. The van der Waals surface area contributed by atoms with Crippen LogP contribution in [0, 0.1) is 6.92 Å². The number of hydrogen-bond acceptors (Lipinski definition) is 3. The summed E-state index contributed by atoms with van der Waals surface area (Å²) in [7, 11) is 2.06. The fourth-order valence-electron chi connectivity index (χ4n) is 2.98. The van der Waals surface area contributed by atoms with E-state index in [-0.39, 0.29) is 5.54 Å². The van der Waals surface area contributed by atoms with Gasteiger partial charge in [-0.15, -0.1) is 0 Å². The Balaban J connectivity index is 2.37. The SMILES string of the molecule is CCNCc1c(C)nn(C)c1N1CCCC1(C)C. The zero-order valence-electron chi connectivity index (χ0n) is 12.4. The number of anilines is 1. The van der Waals surface area contributed by atoms with Gasteiger partial charge in [0.15, 0.2) is 0 Å². The second kappa shape index (κ2) is 4.92. The van der Waals surface area contributed by atoms with Crippen molar-refractivity contribution in [2.24, 2.45) is 7.05 Å². The van der Waals surface area contributed by atoms with Crippen molar-refractivity contribution >= 4 is 5.82 Å². The van der Waals surface area contributed by atoms with E-state index in [2.05, 4.69) is 54.7 Å². The predicted molar refractivity (Wildman–Crippen MR) is 76.0 cm³/mol. The molecular formula is C14H26N4. The maximum absolute atomic E-state index is 4.61. The van der Waals surface area contributed by atoms with Crippen LogP contribution in [-0.4, -0.2) is 28.4 Å². The average Bonchev–Trinajstić information content (AvgIpc) is 2.75. The Morgan fingerprint density at radius 3 is 2.67 bits per heavy atom. The standard InChI is InChI=1S/C14H26N4/c1-6-15-10-12-11(2)16-17(5)13(12)18-9-7-8-14(18,3)4/h15H,6-10H2,1-5H3. The van der Waals surface area contributed by atoms with Crippen molar-refractivity contribution in [3.8, 4) is 0 Å². The lowest BCUT2D eigenvalue weighted by Crippen LogP contribution is -2.40. The van der Waals surface area contributed by atoms with Gasteiger partial charge in [-0.05, 0) is 40.2 Å². The molecule has 0 radical (unpaired) electrons. The third-order valence-corrected chi connectivity index (χ3v) is 4.02. The second-order valence-electron chi connectivity index (χ2n) is 5.86. The first-order valence-electron chi connectivity index (χ1n) is 6.98. The maximum Gasteiger partial charge on any atom is 0.131 e. The summed E-state index contributed by atoms with van der Waals surface area (Å²) in [6.07, 6.45) is 2.54. The van der Waals surface area contributed by atoms with Gasteiger partial charge < -0.3 is 10.2 Å². The molecule has 1 fully saturated rings. The molecule has 0 unspecified atom stereocenters. The van der Waals surface area contributed by atoms with Gasteiger partial charge in [-0.1, -0.05) is 6.92 Å². The number of rotatable bonds is 4. The summed E-state index contributed by atoms with van der Waals surface area (Å²) in [4.78, 5) is 2.53. The smallest absolute Gasteiger partial charge is 0.131 e. The lowest BCUT2D eigenvalue weighted by Gasteiger charge is -2.34. The second-order valence-corrected chi connectivity index (χ2v) is 5.86. The Hall–Kier alpha value is -1.03. The van der Waals surface area contributed by atoms with Crippen LogP contribution in [0.15, 0.2) is 0 Å². The monoisotopic (exact) mass is 250 g/mol. The van der Waals surface area contributed by atoms with Crippen LogP contribution >= 0.6 is 0 Å². The predicted octanol–water partition coefficient (Wildman–Crippen LogP) is 2.22. The van der Waals surface area contributed by atoms with E-state index >= 15 is 0 Å². The molecule has 0 spiro atoms.